The molecule has 16 heavy (non-hydrogen) atoms. The Labute approximate surface area is 96.3 Å². The van der Waals surface area contributed by atoms with Crippen LogP contribution in [0.2, 0.25) is 0 Å². The number of rotatable bonds is 3. The fourth-order valence-electron chi connectivity index (χ4n) is 1.46. The molecule has 3 heteroatoms. The molecular weight excluding hydrogens is 202 g/mol. The minimum absolute atomic E-state index is 0.228. The Bertz CT molecular complexity index is 391. The van der Waals surface area contributed by atoms with Crippen molar-refractivity contribution in [2.45, 2.75) is 33.6 Å². The van der Waals surface area contributed by atoms with Crippen molar-refractivity contribution in [2.75, 3.05) is 5.73 Å². The van der Waals surface area contributed by atoms with Crippen molar-refractivity contribution in [3.8, 4) is 0 Å². The molecule has 0 saturated heterocycles. The van der Waals surface area contributed by atoms with Crippen LogP contribution in [0.4, 0.5) is 5.69 Å². The third kappa shape index (κ3) is 3.57. The molecule has 1 aromatic carbocycles. The Balaban J connectivity index is 2.86. The number of carboxylic acids is 1. The summed E-state index contributed by atoms with van der Waals surface area (Å²) < 4.78 is 0. The monoisotopic (exact) mass is 221 g/mol. The zero-order chi connectivity index (χ0) is 12.3. The normalized spacial score (nSPS) is 11.4. The Hall–Kier alpha value is -1.51. The Morgan fingerprint density at radius 2 is 2.00 bits per heavy atom. The number of carbonyl (C=O) groups is 1. The zero-order valence-corrected chi connectivity index (χ0v) is 10.1. The summed E-state index contributed by atoms with van der Waals surface area (Å²) in [6.07, 6.45) is 1.80. The van der Waals surface area contributed by atoms with Crippen LogP contribution in [0, 0.1) is 5.41 Å². The van der Waals surface area contributed by atoms with Crippen molar-refractivity contribution < 1.29 is 9.90 Å². The van der Waals surface area contributed by atoms with Gasteiger partial charge in [0.05, 0.1) is 5.56 Å². The molecule has 0 aliphatic carbocycles. The molecule has 0 aliphatic rings. The molecule has 1 rings (SSSR count). The van der Waals surface area contributed by atoms with Gasteiger partial charge in [-0.15, -0.1) is 0 Å². The molecule has 3 nitrogen and oxygen atoms in total. The van der Waals surface area contributed by atoms with Gasteiger partial charge in [-0.05, 0) is 42.0 Å². The fourth-order valence-corrected chi connectivity index (χ4v) is 1.46. The molecule has 1 aromatic rings. The molecule has 88 valence electrons. The standard InChI is InChI=1S/C13H19NO2/c1-13(2,3)7-6-9-8-10(12(15)16)4-5-11(9)14/h4-5,8H,6-7,14H2,1-3H3,(H,15,16). The zero-order valence-electron chi connectivity index (χ0n) is 10.1. The molecule has 0 atom stereocenters. The lowest BCUT2D eigenvalue weighted by Crippen LogP contribution is -2.08. The van der Waals surface area contributed by atoms with Crippen LogP contribution in [0.25, 0.3) is 0 Å². The number of carboxylic acid groups (broad SMARTS) is 1. The third-order valence-electron chi connectivity index (χ3n) is 2.53. The van der Waals surface area contributed by atoms with E-state index in [1.165, 1.54) is 6.07 Å². The minimum atomic E-state index is -0.906. The highest BCUT2D eigenvalue weighted by Crippen LogP contribution is 2.24. The smallest absolute Gasteiger partial charge is 0.335 e. The van der Waals surface area contributed by atoms with Crippen molar-refractivity contribution in [1.29, 1.82) is 0 Å². The van der Waals surface area contributed by atoms with E-state index in [4.69, 9.17) is 10.8 Å². The van der Waals surface area contributed by atoms with Crippen LogP contribution in [-0.4, -0.2) is 11.1 Å². The summed E-state index contributed by atoms with van der Waals surface area (Å²) in [4.78, 5) is 10.8. The van der Waals surface area contributed by atoms with Crippen LogP contribution < -0.4 is 5.73 Å². The van der Waals surface area contributed by atoms with Gasteiger partial charge < -0.3 is 10.8 Å². The highest BCUT2D eigenvalue weighted by atomic mass is 16.4. The summed E-state index contributed by atoms with van der Waals surface area (Å²) in [7, 11) is 0. The summed E-state index contributed by atoms with van der Waals surface area (Å²) in [5.41, 5.74) is 7.96. The van der Waals surface area contributed by atoms with E-state index in [0.717, 1.165) is 18.4 Å². The van der Waals surface area contributed by atoms with Crippen molar-refractivity contribution in [3.63, 3.8) is 0 Å². The van der Waals surface area contributed by atoms with Gasteiger partial charge >= 0.3 is 5.97 Å². The number of anilines is 1. The van der Waals surface area contributed by atoms with Gasteiger partial charge in [0.2, 0.25) is 0 Å². The third-order valence-corrected chi connectivity index (χ3v) is 2.53. The van der Waals surface area contributed by atoms with E-state index in [1.807, 2.05) is 0 Å². The van der Waals surface area contributed by atoms with Crippen LogP contribution in [0.3, 0.4) is 0 Å². The van der Waals surface area contributed by atoms with Crippen LogP contribution in [0.1, 0.15) is 43.1 Å². The maximum absolute atomic E-state index is 10.8. The SMILES string of the molecule is CC(C)(C)CCc1cc(C(=O)O)ccc1N. The van der Waals surface area contributed by atoms with Gasteiger partial charge in [0, 0.05) is 5.69 Å². The van der Waals surface area contributed by atoms with E-state index in [9.17, 15) is 4.79 Å². The lowest BCUT2D eigenvalue weighted by Gasteiger charge is -2.18. The lowest BCUT2D eigenvalue weighted by molar-refractivity contribution is 0.0697. The van der Waals surface area contributed by atoms with Crippen LogP contribution >= 0.6 is 0 Å². The Kier molecular flexibility index (Phi) is 3.58. The van der Waals surface area contributed by atoms with E-state index in [2.05, 4.69) is 20.8 Å². The van der Waals surface area contributed by atoms with Gasteiger partial charge in [0.15, 0.2) is 0 Å². The molecule has 0 aliphatic heterocycles. The first-order valence-electron chi connectivity index (χ1n) is 5.41. The highest BCUT2D eigenvalue weighted by Gasteiger charge is 2.12. The molecule has 0 saturated carbocycles. The maximum atomic E-state index is 10.8. The summed E-state index contributed by atoms with van der Waals surface area (Å²) in [6, 6.07) is 4.88. The van der Waals surface area contributed by atoms with Gasteiger partial charge in [0.1, 0.15) is 0 Å². The van der Waals surface area contributed by atoms with Crippen molar-refractivity contribution in [1.82, 2.24) is 0 Å². The van der Waals surface area contributed by atoms with E-state index in [0.29, 0.717) is 11.3 Å². The van der Waals surface area contributed by atoms with Gasteiger partial charge in [-0.25, -0.2) is 4.79 Å². The van der Waals surface area contributed by atoms with Crippen LogP contribution in [0.15, 0.2) is 18.2 Å². The average molecular weight is 221 g/mol. The van der Waals surface area contributed by atoms with Crippen molar-refractivity contribution >= 4 is 11.7 Å². The topological polar surface area (TPSA) is 63.3 Å². The number of hydrogen-bond acceptors (Lipinski definition) is 2. The molecule has 0 bridgehead atoms. The predicted octanol–water partition coefficient (Wildman–Crippen LogP) is 2.95. The van der Waals surface area contributed by atoms with Gasteiger partial charge in [-0.1, -0.05) is 20.8 Å². The second-order valence-corrected chi connectivity index (χ2v) is 5.28. The van der Waals surface area contributed by atoms with Crippen molar-refractivity contribution in [2.24, 2.45) is 5.41 Å². The highest BCUT2D eigenvalue weighted by molar-refractivity contribution is 5.88. The second-order valence-electron chi connectivity index (χ2n) is 5.28. The Morgan fingerprint density at radius 1 is 1.38 bits per heavy atom. The molecule has 0 unspecified atom stereocenters. The van der Waals surface area contributed by atoms with Crippen LogP contribution in [-0.2, 0) is 6.42 Å². The number of nitrogen functional groups attached to an aromatic ring is 1. The van der Waals surface area contributed by atoms with Gasteiger partial charge in [0.25, 0.3) is 0 Å². The Morgan fingerprint density at radius 3 is 2.50 bits per heavy atom. The predicted molar refractivity (Wildman–Crippen MR) is 65.6 cm³/mol. The van der Waals surface area contributed by atoms with Crippen LogP contribution in [0.5, 0.6) is 0 Å². The first-order chi connectivity index (χ1) is 7.29. The molecule has 0 aromatic heterocycles. The molecule has 0 heterocycles. The van der Waals surface area contributed by atoms with E-state index in [-0.39, 0.29) is 5.41 Å². The fraction of sp³-hybridized carbons (Fsp3) is 0.462. The maximum Gasteiger partial charge on any atom is 0.335 e. The summed E-state index contributed by atoms with van der Waals surface area (Å²) in [5.74, 6) is -0.906. The molecule has 3 N–H and O–H groups in total. The van der Waals surface area contributed by atoms with Gasteiger partial charge in [-0.2, -0.15) is 0 Å². The minimum Gasteiger partial charge on any atom is -0.478 e. The summed E-state index contributed by atoms with van der Waals surface area (Å²) >= 11 is 0. The summed E-state index contributed by atoms with van der Waals surface area (Å²) in [6.45, 7) is 6.47. The van der Waals surface area contributed by atoms with Crippen molar-refractivity contribution in [3.05, 3.63) is 29.3 Å². The number of benzene rings is 1. The molecule has 0 spiro atoms. The first-order valence-corrected chi connectivity index (χ1v) is 5.41. The summed E-state index contributed by atoms with van der Waals surface area (Å²) in [5, 5.41) is 8.89. The number of nitrogens with two attached hydrogens (primary N) is 1. The molecule has 0 amide bonds. The quantitative estimate of drug-likeness (QED) is 0.771. The number of hydrogen-bond donors (Lipinski definition) is 2. The van der Waals surface area contributed by atoms with E-state index in [1.54, 1.807) is 12.1 Å². The lowest BCUT2D eigenvalue weighted by atomic mass is 9.88. The average Bonchev–Trinajstić information content (AvgIpc) is 2.14. The molecule has 0 fully saturated rings. The number of aryl methyl sites for hydroxylation is 1. The largest absolute Gasteiger partial charge is 0.478 e. The van der Waals surface area contributed by atoms with Gasteiger partial charge in [-0.3, -0.25) is 0 Å². The second kappa shape index (κ2) is 4.56. The van der Waals surface area contributed by atoms with E-state index < -0.39 is 5.97 Å². The van der Waals surface area contributed by atoms with E-state index >= 15 is 0 Å². The number of aromatic carboxylic acids is 1. The first kappa shape index (κ1) is 12.6. The molecule has 0 radical (unpaired) electrons. The molecular formula is C13H19NO2.